The fourth-order valence-electron chi connectivity index (χ4n) is 3.69. The molecule has 1 aromatic rings. The highest BCUT2D eigenvalue weighted by molar-refractivity contribution is 5.85. The van der Waals surface area contributed by atoms with Crippen molar-refractivity contribution in [3.8, 4) is 0 Å². The van der Waals surface area contributed by atoms with Gasteiger partial charge in [-0.2, -0.15) is 0 Å². The molecule has 0 bridgehead atoms. The lowest BCUT2D eigenvalue weighted by atomic mass is 9.81. The van der Waals surface area contributed by atoms with Gasteiger partial charge in [0.2, 0.25) is 5.91 Å². The van der Waals surface area contributed by atoms with Crippen LogP contribution in [0.1, 0.15) is 38.2 Å². The second-order valence-electron chi connectivity index (χ2n) is 7.35. The van der Waals surface area contributed by atoms with Crippen molar-refractivity contribution in [3.63, 3.8) is 0 Å². The number of carbonyl (C=O) groups excluding carboxylic acids is 1. The molecule has 0 spiro atoms. The van der Waals surface area contributed by atoms with Gasteiger partial charge in [-0.1, -0.05) is 30.3 Å². The van der Waals surface area contributed by atoms with E-state index >= 15 is 0 Å². The first-order chi connectivity index (χ1) is 11.2. The molecule has 2 aliphatic rings. The highest BCUT2D eigenvalue weighted by atomic mass is 35.5. The van der Waals surface area contributed by atoms with Crippen molar-refractivity contribution < 1.29 is 4.79 Å². The lowest BCUT2D eigenvalue weighted by molar-refractivity contribution is -0.132. The molecule has 142 valence electrons. The Labute approximate surface area is 163 Å². The average Bonchev–Trinajstić information content (AvgIpc) is 2.58. The summed E-state index contributed by atoms with van der Waals surface area (Å²) in [6, 6.07) is 11.0. The van der Waals surface area contributed by atoms with E-state index < -0.39 is 0 Å². The van der Waals surface area contributed by atoms with E-state index in [4.69, 9.17) is 0 Å². The summed E-state index contributed by atoms with van der Waals surface area (Å²) in [4.78, 5) is 15.1. The molecule has 1 amide bonds. The maximum atomic E-state index is 12.6. The van der Waals surface area contributed by atoms with Gasteiger partial charge in [-0.15, -0.1) is 24.8 Å². The number of halogens is 2. The molecule has 2 saturated heterocycles. The normalized spacial score (nSPS) is 24.7. The van der Waals surface area contributed by atoms with Gasteiger partial charge >= 0.3 is 0 Å². The van der Waals surface area contributed by atoms with Crippen LogP contribution < -0.4 is 10.6 Å². The van der Waals surface area contributed by atoms with Gasteiger partial charge in [0.05, 0.1) is 5.41 Å². The van der Waals surface area contributed by atoms with Crippen LogP contribution in [0, 0.1) is 5.41 Å². The second kappa shape index (κ2) is 10.4. The Morgan fingerprint density at radius 2 is 1.92 bits per heavy atom. The molecule has 2 heterocycles. The summed E-state index contributed by atoms with van der Waals surface area (Å²) < 4.78 is 0. The van der Waals surface area contributed by atoms with Crippen molar-refractivity contribution in [1.82, 2.24) is 15.5 Å². The third-order valence-corrected chi connectivity index (χ3v) is 5.32. The summed E-state index contributed by atoms with van der Waals surface area (Å²) in [7, 11) is 0. The van der Waals surface area contributed by atoms with E-state index in [1.807, 2.05) is 0 Å². The fraction of sp³-hybridized carbons (Fsp3) is 0.632. The van der Waals surface area contributed by atoms with Crippen LogP contribution in [0.15, 0.2) is 30.3 Å². The van der Waals surface area contributed by atoms with E-state index in [2.05, 4.69) is 52.8 Å². The second-order valence-corrected chi connectivity index (χ2v) is 7.35. The lowest BCUT2D eigenvalue weighted by Gasteiger charge is -2.37. The third kappa shape index (κ3) is 6.14. The summed E-state index contributed by atoms with van der Waals surface area (Å²) in [5.74, 6) is 0.242. The molecule has 6 heteroatoms. The van der Waals surface area contributed by atoms with E-state index in [1.54, 1.807) is 0 Å². The minimum atomic E-state index is -0.223. The van der Waals surface area contributed by atoms with Crippen LogP contribution in [-0.2, 0) is 11.3 Å². The number of hydrogen-bond acceptors (Lipinski definition) is 3. The van der Waals surface area contributed by atoms with E-state index in [0.29, 0.717) is 6.04 Å². The molecule has 0 radical (unpaired) electrons. The Balaban J connectivity index is 0.00000156. The Bertz CT molecular complexity index is 513. The Hall–Kier alpha value is -0.810. The molecule has 1 atom stereocenters. The molecule has 0 aliphatic carbocycles. The van der Waals surface area contributed by atoms with Crippen molar-refractivity contribution >= 4 is 30.7 Å². The van der Waals surface area contributed by atoms with Crippen molar-refractivity contribution in [2.24, 2.45) is 5.41 Å². The highest BCUT2D eigenvalue weighted by Gasteiger charge is 2.36. The van der Waals surface area contributed by atoms with Crippen LogP contribution in [-0.4, -0.2) is 43.0 Å². The number of piperidine rings is 2. The zero-order chi connectivity index (χ0) is 16.1. The summed E-state index contributed by atoms with van der Waals surface area (Å²) in [5.41, 5.74) is 1.15. The molecule has 1 unspecified atom stereocenters. The molecular weight excluding hydrogens is 357 g/mol. The Morgan fingerprint density at radius 1 is 1.24 bits per heavy atom. The van der Waals surface area contributed by atoms with Crippen molar-refractivity contribution in [1.29, 1.82) is 0 Å². The molecule has 4 nitrogen and oxygen atoms in total. The summed E-state index contributed by atoms with van der Waals surface area (Å²) in [6.07, 6.45) is 4.21. The van der Waals surface area contributed by atoms with E-state index in [9.17, 15) is 4.79 Å². The Morgan fingerprint density at radius 3 is 2.52 bits per heavy atom. The van der Waals surface area contributed by atoms with Gasteiger partial charge in [-0.05, 0) is 44.7 Å². The minimum Gasteiger partial charge on any atom is -0.353 e. The Kier molecular flexibility index (Phi) is 9.22. The maximum absolute atomic E-state index is 12.6. The van der Waals surface area contributed by atoms with Crippen LogP contribution in [0.3, 0.4) is 0 Å². The molecular formula is C19H31Cl2N3O. The maximum Gasteiger partial charge on any atom is 0.227 e. The highest BCUT2D eigenvalue weighted by Crippen LogP contribution is 2.26. The number of benzene rings is 1. The molecule has 2 fully saturated rings. The molecule has 25 heavy (non-hydrogen) atoms. The van der Waals surface area contributed by atoms with Crippen molar-refractivity contribution in [2.75, 3.05) is 26.2 Å². The topological polar surface area (TPSA) is 44.4 Å². The van der Waals surface area contributed by atoms with Gasteiger partial charge in [0.1, 0.15) is 0 Å². The van der Waals surface area contributed by atoms with Crippen LogP contribution in [0.25, 0.3) is 0 Å². The van der Waals surface area contributed by atoms with Gasteiger partial charge in [-0.3, -0.25) is 9.69 Å². The minimum absolute atomic E-state index is 0. The lowest BCUT2D eigenvalue weighted by Crippen LogP contribution is -2.53. The van der Waals surface area contributed by atoms with Crippen LogP contribution in [0.4, 0.5) is 0 Å². The van der Waals surface area contributed by atoms with Crippen LogP contribution in [0.2, 0.25) is 0 Å². The van der Waals surface area contributed by atoms with Crippen LogP contribution >= 0.6 is 24.8 Å². The first kappa shape index (κ1) is 22.2. The van der Waals surface area contributed by atoms with E-state index in [1.165, 1.54) is 5.56 Å². The summed E-state index contributed by atoms with van der Waals surface area (Å²) in [5, 5.41) is 6.67. The predicted octanol–water partition coefficient (Wildman–Crippen LogP) is 3.00. The fourth-order valence-corrected chi connectivity index (χ4v) is 3.69. The third-order valence-electron chi connectivity index (χ3n) is 5.32. The number of rotatable bonds is 4. The van der Waals surface area contributed by atoms with Crippen LogP contribution in [0.5, 0.6) is 0 Å². The average molecular weight is 388 g/mol. The van der Waals surface area contributed by atoms with Crippen molar-refractivity contribution in [3.05, 3.63) is 35.9 Å². The summed E-state index contributed by atoms with van der Waals surface area (Å²) in [6.45, 7) is 7.10. The number of likely N-dealkylation sites (tertiary alicyclic amines) is 1. The number of nitrogens with zero attached hydrogens (tertiary/aromatic N) is 1. The van der Waals surface area contributed by atoms with Gasteiger partial charge in [0.15, 0.2) is 0 Å². The largest absolute Gasteiger partial charge is 0.353 e. The molecule has 0 aromatic heterocycles. The number of amides is 1. The zero-order valence-electron chi connectivity index (χ0n) is 15.0. The SMILES string of the molecule is CC1(C(=O)NC2CCN(Cc3ccccc3)CC2)CCCNC1.Cl.Cl. The van der Waals surface area contributed by atoms with Gasteiger partial charge < -0.3 is 10.6 Å². The van der Waals surface area contributed by atoms with Gasteiger partial charge in [0, 0.05) is 32.2 Å². The zero-order valence-corrected chi connectivity index (χ0v) is 16.6. The molecule has 3 rings (SSSR count). The molecule has 1 aromatic carbocycles. The molecule has 2 N–H and O–H groups in total. The summed E-state index contributed by atoms with van der Waals surface area (Å²) >= 11 is 0. The van der Waals surface area contributed by atoms with E-state index in [-0.39, 0.29) is 36.1 Å². The van der Waals surface area contributed by atoms with E-state index in [0.717, 1.165) is 58.4 Å². The molecule has 2 aliphatic heterocycles. The first-order valence-corrected chi connectivity index (χ1v) is 8.94. The molecule has 0 saturated carbocycles. The number of nitrogens with one attached hydrogen (secondary N) is 2. The smallest absolute Gasteiger partial charge is 0.227 e. The monoisotopic (exact) mass is 387 g/mol. The standard InChI is InChI=1S/C19H29N3O.2ClH/c1-19(10-5-11-20-15-19)18(23)21-17-8-12-22(13-9-17)14-16-6-3-2-4-7-16;;/h2-4,6-7,17,20H,5,8-15H2,1H3,(H,21,23);2*1H. The number of carbonyl (C=O) groups is 1. The first-order valence-electron chi connectivity index (χ1n) is 8.94. The van der Waals surface area contributed by atoms with Crippen molar-refractivity contribution in [2.45, 2.75) is 45.2 Å². The predicted molar refractivity (Wildman–Crippen MR) is 108 cm³/mol. The quantitative estimate of drug-likeness (QED) is 0.834. The number of hydrogen-bond donors (Lipinski definition) is 2. The van der Waals surface area contributed by atoms with Gasteiger partial charge in [0.25, 0.3) is 0 Å². The van der Waals surface area contributed by atoms with Gasteiger partial charge in [-0.25, -0.2) is 0 Å².